The van der Waals surface area contributed by atoms with E-state index >= 15 is 0 Å². The molecule has 0 radical (unpaired) electrons. The average molecular weight is 795 g/mol. The second kappa shape index (κ2) is 15.1. The minimum absolute atomic E-state index is 0.0899. The molecule has 56 heavy (non-hydrogen) atoms. The number of nitrogens with zero attached hydrogens (tertiary/aromatic N) is 4. The van der Waals surface area contributed by atoms with Crippen LogP contribution in [0.15, 0.2) is 121 Å². The number of benzene rings is 3. The normalized spacial score (nSPS) is 11.8. The number of thioether (sulfide) groups is 2. The summed E-state index contributed by atoms with van der Waals surface area (Å²) in [4.78, 5) is 18.1. The third-order valence-electron chi connectivity index (χ3n) is 8.33. The first kappa shape index (κ1) is 38.0. The summed E-state index contributed by atoms with van der Waals surface area (Å²) in [6.07, 6.45) is -9.06. The standard InChI is InChI=1S/C40H24F6N8S2/c41-39(42,43)25-7-1-5-23(19-25)27-9-3-11-29(51-27)35(47)55-37(49)31-17-15-21-13-14-22-16-18-32(54-34(22)33(21)53-31)38(50)56-36(48)30-12-4-10-28(52-30)24-6-2-8-26(20-24)40(44,45)46/h1-20,47-50H. The lowest BCUT2D eigenvalue weighted by Gasteiger charge is -2.11. The van der Waals surface area contributed by atoms with Gasteiger partial charge in [0, 0.05) is 21.9 Å². The van der Waals surface area contributed by atoms with E-state index in [1.54, 1.807) is 48.5 Å². The molecule has 7 aromatic rings. The fourth-order valence-corrected chi connectivity index (χ4v) is 6.87. The van der Waals surface area contributed by atoms with Crippen molar-refractivity contribution in [1.29, 1.82) is 21.6 Å². The van der Waals surface area contributed by atoms with Gasteiger partial charge in [0.05, 0.1) is 56.3 Å². The second-order valence-electron chi connectivity index (χ2n) is 12.1. The molecule has 8 nitrogen and oxygen atoms in total. The zero-order valence-corrected chi connectivity index (χ0v) is 30.1. The molecular formula is C40H24F6N8S2. The largest absolute Gasteiger partial charge is 0.416 e. The van der Waals surface area contributed by atoms with Crippen molar-refractivity contribution in [2.45, 2.75) is 12.4 Å². The van der Waals surface area contributed by atoms with Crippen molar-refractivity contribution in [2.24, 2.45) is 0 Å². The summed E-state index contributed by atoms with van der Waals surface area (Å²) in [5.41, 5.74) is 0.897. The topological polar surface area (TPSA) is 147 Å². The molecule has 0 unspecified atom stereocenters. The molecule has 0 aliphatic carbocycles. The Bertz CT molecular complexity index is 2550. The maximum Gasteiger partial charge on any atom is 0.416 e. The first-order chi connectivity index (χ1) is 26.6. The fourth-order valence-electron chi connectivity index (χ4n) is 5.59. The van der Waals surface area contributed by atoms with E-state index in [-0.39, 0.29) is 65.5 Å². The molecule has 0 amide bonds. The molecule has 0 spiro atoms. The monoisotopic (exact) mass is 794 g/mol. The van der Waals surface area contributed by atoms with Crippen LogP contribution in [0.3, 0.4) is 0 Å². The Morgan fingerprint density at radius 1 is 0.411 bits per heavy atom. The Morgan fingerprint density at radius 3 is 1.12 bits per heavy atom. The van der Waals surface area contributed by atoms with Crippen LogP contribution < -0.4 is 0 Å². The summed E-state index contributed by atoms with van der Waals surface area (Å²) in [6, 6.07) is 29.2. The average Bonchev–Trinajstić information content (AvgIpc) is 3.19. The minimum Gasteiger partial charge on any atom is -0.292 e. The molecule has 0 aliphatic rings. The number of alkyl halides is 6. The molecule has 0 aliphatic heterocycles. The maximum absolute atomic E-state index is 13.3. The number of aromatic nitrogens is 4. The van der Waals surface area contributed by atoms with Gasteiger partial charge in [0.15, 0.2) is 0 Å². The van der Waals surface area contributed by atoms with E-state index in [4.69, 9.17) is 21.6 Å². The van der Waals surface area contributed by atoms with Gasteiger partial charge in [-0.3, -0.25) is 21.6 Å². The van der Waals surface area contributed by atoms with Crippen LogP contribution in [0.25, 0.3) is 44.3 Å². The number of halogens is 6. The smallest absolute Gasteiger partial charge is 0.292 e. The van der Waals surface area contributed by atoms with E-state index in [1.807, 2.05) is 12.1 Å². The Balaban J connectivity index is 1.10. The first-order valence-corrected chi connectivity index (χ1v) is 18.0. The number of rotatable bonds is 6. The Labute approximate surface area is 322 Å². The van der Waals surface area contributed by atoms with Gasteiger partial charge < -0.3 is 0 Å². The number of fused-ring (bicyclic) bond motifs is 3. The Kier molecular flexibility index (Phi) is 10.3. The van der Waals surface area contributed by atoms with Crippen molar-refractivity contribution in [2.75, 3.05) is 0 Å². The summed E-state index contributed by atoms with van der Waals surface area (Å²) >= 11 is 1.54. The molecule has 3 aromatic carbocycles. The van der Waals surface area contributed by atoms with Gasteiger partial charge >= 0.3 is 12.4 Å². The molecular weight excluding hydrogens is 771 g/mol. The van der Waals surface area contributed by atoms with Crippen molar-refractivity contribution in [3.63, 3.8) is 0 Å². The molecule has 4 N–H and O–H groups in total. The lowest BCUT2D eigenvalue weighted by Crippen LogP contribution is -2.07. The van der Waals surface area contributed by atoms with E-state index in [1.165, 1.54) is 36.4 Å². The van der Waals surface area contributed by atoms with Gasteiger partial charge in [-0.15, -0.1) is 0 Å². The van der Waals surface area contributed by atoms with Crippen molar-refractivity contribution in [3.8, 4) is 22.5 Å². The van der Waals surface area contributed by atoms with Crippen molar-refractivity contribution in [3.05, 3.63) is 155 Å². The highest BCUT2D eigenvalue weighted by molar-refractivity contribution is 8.27. The Hall–Kier alpha value is -6.26. The van der Waals surface area contributed by atoms with Gasteiger partial charge in [-0.2, -0.15) is 26.3 Å². The van der Waals surface area contributed by atoms with Crippen molar-refractivity contribution in [1.82, 2.24) is 19.9 Å². The van der Waals surface area contributed by atoms with E-state index in [0.717, 1.165) is 47.8 Å². The zero-order valence-electron chi connectivity index (χ0n) is 28.4. The SMILES string of the molecule is N=C(SC(=N)c1ccc2ccc3ccc(C(=N)SC(=N)c4cccc(-c5cccc(C(F)(F)F)c5)n4)nc3c2n1)c1cccc(-c2cccc(C(F)(F)F)c2)n1. The van der Waals surface area contributed by atoms with E-state index < -0.39 is 23.5 Å². The zero-order chi connectivity index (χ0) is 39.8. The van der Waals surface area contributed by atoms with Crippen molar-refractivity contribution < 1.29 is 26.3 Å². The predicted molar refractivity (Wildman–Crippen MR) is 209 cm³/mol. The van der Waals surface area contributed by atoms with Gasteiger partial charge in [-0.05, 0) is 84.2 Å². The van der Waals surface area contributed by atoms with Crippen LogP contribution in [-0.2, 0) is 12.4 Å². The molecule has 0 bridgehead atoms. The summed E-state index contributed by atoms with van der Waals surface area (Å²) in [5, 5.41) is 35.7. The molecule has 4 aromatic heterocycles. The van der Waals surface area contributed by atoms with Crippen LogP contribution in [0.4, 0.5) is 26.3 Å². The van der Waals surface area contributed by atoms with Crippen LogP contribution in [0.1, 0.15) is 33.9 Å². The molecule has 7 rings (SSSR count). The summed E-state index contributed by atoms with van der Waals surface area (Å²) < 4.78 is 79.8. The summed E-state index contributed by atoms with van der Waals surface area (Å²) in [6.45, 7) is 0. The van der Waals surface area contributed by atoms with Gasteiger partial charge in [0.25, 0.3) is 0 Å². The van der Waals surface area contributed by atoms with E-state index in [2.05, 4.69) is 19.9 Å². The third-order valence-corrected chi connectivity index (χ3v) is 9.98. The van der Waals surface area contributed by atoms with Crippen LogP contribution in [-0.4, -0.2) is 40.1 Å². The lowest BCUT2D eigenvalue weighted by atomic mass is 10.1. The van der Waals surface area contributed by atoms with Gasteiger partial charge in [-0.25, -0.2) is 19.9 Å². The fraction of sp³-hybridized carbons (Fsp3) is 0.0500. The summed E-state index contributed by atoms with van der Waals surface area (Å²) in [5.74, 6) is 0. The highest BCUT2D eigenvalue weighted by Crippen LogP contribution is 2.34. The predicted octanol–water partition coefficient (Wildman–Crippen LogP) is 11.1. The quantitative estimate of drug-likeness (QED) is 0.0570. The minimum atomic E-state index is -4.53. The molecule has 16 heteroatoms. The molecule has 0 atom stereocenters. The van der Waals surface area contributed by atoms with Crippen molar-refractivity contribution >= 4 is 65.5 Å². The molecule has 0 saturated carbocycles. The number of pyridine rings is 4. The van der Waals surface area contributed by atoms with Gasteiger partial charge in [-0.1, -0.05) is 60.7 Å². The molecule has 4 heterocycles. The Morgan fingerprint density at radius 2 is 0.750 bits per heavy atom. The second-order valence-corrected chi connectivity index (χ2v) is 14.1. The third kappa shape index (κ3) is 8.21. The molecule has 278 valence electrons. The maximum atomic E-state index is 13.3. The first-order valence-electron chi connectivity index (χ1n) is 16.4. The van der Waals surface area contributed by atoms with E-state index in [0.29, 0.717) is 21.8 Å². The lowest BCUT2D eigenvalue weighted by molar-refractivity contribution is -0.138. The van der Waals surface area contributed by atoms with Gasteiger partial charge in [0.2, 0.25) is 0 Å². The van der Waals surface area contributed by atoms with Gasteiger partial charge in [0.1, 0.15) is 20.2 Å². The highest BCUT2D eigenvalue weighted by atomic mass is 32.2. The summed E-state index contributed by atoms with van der Waals surface area (Å²) in [7, 11) is 0. The molecule has 0 fully saturated rings. The number of hydrogen-bond donors (Lipinski definition) is 4. The van der Waals surface area contributed by atoms with Crippen LogP contribution >= 0.6 is 23.5 Å². The number of hydrogen-bond acceptors (Lipinski definition) is 10. The molecule has 0 saturated heterocycles. The van der Waals surface area contributed by atoms with Crippen LogP contribution in [0.2, 0.25) is 0 Å². The van der Waals surface area contributed by atoms with E-state index in [9.17, 15) is 26.3 Å². The van der Waals surface area contributed by atoms with Crippen LogP contribution in [0.5, 0.6) is 0 Å². The highest BCUT2D eigenvalue weighted by Gasteiger charge is 2.31. The van der Waals surface area contributed by atoms with Crippen LogP contribution in [0, 0.1) is 21.6 Å². The number of nitrogens with one attached hydrogen (secondary N) is 4.